The Kier molecular flexibility index (Phi) is 8.34. The Hall–Kier alpha value is -4.42. The molecule has 0 radical (unpaired) electrons. The largest absolute Gasteiger partial charge is 0.468 e. The summed E-state index contributed by atoms with van der Waals surface area (Å²) < 4.78 is 5.15. The first-order valence-corrected chi connectivity index (χ1v) is 13.3. The summed E-state index contributed by atoms with van der Waals surface area (Å²) in [7, 11) is 1.45. The number of esters is 1. The zero-order valence-electron chi connectivity index (χ0n) is 22.1. The fourth-order valence-electron chi connectivity index (χ4n) is 5.20. The molecule has 1 fully saturated rings. The van der Waals surface area contributed by atoms with E-state index in [-0.39, 0.29) is 11.9 Å². The fourth-order valence-corrected chi connectivity index (χ4v) is 5.20. The molecular formula is C33H33N3O3. The summed E-state index contributed by atoms with van der Waals surface area (Å²) in [4.78, 5) is 30.4. The molecular weight excluding hydrogens is 486 g/mol. The lowest BCUT2D eigenvalue weighted by Gasteiger charge is -2.29. The van der Waals surface area contributed by atoms with Crippen molar-refractivity contribution in [2.24, 2.45) is 0 Å². The quantitative estimate of drug-likeness (QED) is 0.302. The van der Waals surface area contributed by atoms with E-state index in [1.54, 1.807) is 0 Å². The number of hydrogen-bond donors (Lipinski definition) is 1. The maximum absolute atomic E-state index is 13.2. The van der Waals surface area contributed by atoms with Gasteiger partial charge in [-0.2, -0.15) is 0 Å². The summed E-state index contributed by atoms with van der Waals surface area (Å²) in [5.41, 5.74) is 5.34. The van der Waals surface area contributed by atoms with Crippen LogP contribution in [0.3, 0.4) is 0 Å². The molecule has 6 heteroatoms. The molecule has 4 aromatic carbocycles. The summed E-state index contributed by atoms with van der Waals surface area (Å²) in [5.74, 6) is -0.369. The molecule has 1 saturated heterocycles. The van der Waals surface area contributed by atoms with Gasteiger partial charge in [0.25, 0.3) is 5.91 Å². The molecule has 198 valence electrons. The second kappa shape index (κ2) is 12.4. The molecule has 1 N–H and O–H groups in total. The van der Waals surface area contributed by atoms with Gasteiger partial charge in [-0.3, -0.25) is 9.69 Å². The Balaban J connectivity index is 1.25. The average molecular weight is 520 g/mol. The molecule has 0 spiro atoms. The number of amides is 1. The van der Waals surface area contributed by atoms with E-state index in [1.807, 2.05) is 109 Å². The van der Waals surface area contributed by atoms with E-state index in [0.29, 0.717) is 5.56 Å². The molecule has 5 rings (SSSR count). The van der Waals surface area contributed by atoms with Crippen LogP contribution in [0.15, 0.2) is 109 Å². The van der Waals surface area contributed by atoms with E-state index >= 15 is 0 Å². The topological polar surface area (TPSA) is 61.9 Å². The SMILES string of the molecule is COC(=O)C(c1ccccc1)N1CCCN(c2ccc(NC(=O)c3ccccc3-c3ccccc3)cc2)CC1. The van der Waals surface area contributed by atoms with Crippen LogP contribution >= 0.6 is 0 Å². The smallest absolute Gasteiger partial charge is 0.327 e. The van der Waals surface area contributed by atoms with Gasteiger partial charge in [-0.05, 0) is 53.4 Å². The third-order valence-electron chi connectivity index (χ3n) is 7.18. The van der Waals surface area contributed by atoms with Gasteiger partial charge < -0.3 is 15.0 Å². The second-order valence-electron chi connectivity index (χ2n) is 9.63. The highest BCUT2D eigenvalue weighted by Crippen LogP contribution is 2.27. The third-order valence-corrected chi connectivity index (χ3v) is 7.18. The molecule has 4 aromatic rings. The van der Waals surface area contributed by atoms with Crippen molar-refractivity contribution in [3.63, 3.8) is 0 Å². The van der Waals surface area contributed by atoms with E-state index in [9.17, 15) is 9.59 Å². The Morgan fingerprint density at radius 3 is 2.13 bits per heavy atom. The molecule has 1 heterocycles. The lowest BCUT2D eigenvalue weighted by molar-refractivity contribution is -0.147. The van der Waals surface area contributed by atoms with Crippen molar-refractivity contribution in [3.05, 3.63) is 120 Å². The minimum Gasteiger partial charge on any atom is -0.468 e. The van der Waals surface area contributed by atoms with Gasteiger partial charge in [-0.15, -0.1) is 0 Å². The van der Waals surface area contributed by atoms with Crippen LogP contribution in [0.1, 0.15) is 28.4 Å². The van der Waals surface area contributed by atoms with Crippen LogP contribution in [-0.4, -0.2) is 50.1 Å². The van der Waals surface area contributed by atoms with Crippen molar-refractivity contribution >= 4 is 23.3 Å². The number of ether oxygens (including phenoxy) is 1. The van der Waals surface area contributed by atoms with Crippen LogP contribution in [-0.2, 0) is 9.53 Å². The lowest BCUT2D eigenvalue weighted by atomic mass is 9.99. The molecule has 0 aliphatic carbocycles. The Morgan fingerprint density at radius 1 is 0.744 bits per heavy atom. The van der Waals surface area contributed by atoms with E-state index in [0.717, 1.165) is 60.7 Å². The first-order chi connectivity index (χ1) is 19.1. The third kappa shape index (κ3) is 6.19. The first kappa shape index (κ1) is 26.2. The van der Waals surface area contributed by atoms with E-state index < -0.39 is 6.04 Å². The molecule has 1 unspecified atom stereocenters. The molecule has 39 heavy (non-hydrogen) atoms. The highest BCUT2D eigenvalue weighted by atomic mass is 16.5. The number of carbonyl (C=O) groups excluding carboxylic acids is 2. The molecule has 1 aliphatic heterocycles. The average Bonchev–Trinajstić information content (AvgIpc) is 3.25. The molecule has 1 amide bonds. The normalized spacial score (nSPS) is 14.7. The number of rotatable bonds is 7. The summed E-state index contributed by atoms with van der Waals surface area (Å²) in [5, 5.41) is 3.05. The van der Waals surface area contributed by atoms with Crippen molar-refractivity contribution in [2.45, 2.75) is 12.5 Å². The second-order valence-corrected chi connectivity index (χ2v) is 9.63. The fraction of sp³-hybridized carbons (Fsp3) is 0.212. The van der Waals surface area contributed by atoms with Gasteiger partial charge in [0.05, 0.1) is 7.11 Å². The summed E-state index contributed by atoms with van der Waals surface area (Å²) in [6, 6.07) is 35.0. The van der Waals surface area contributed by atoms with Crippen LogP contribution in [0.5, 0.6) is 0 Å². The zero-order chi connectivity index (χ0) is 27.0. The van der Waals surface area contributed by atoms with Gasteiger partial charge in [0.15, 0.2) is 0 Å². The standard InChI is InChI=1S/C33H33N3O3/c1-39-33(38)31(26-13-6-3-7-14-26)36-22-10-21-35(23-24-36)28-19-17-27(18-20-28)34-32(37)30-16-9-8-15-29(30)25-11-4-2-5-12-25/h2-9,11-20,31H,10,21-24H2,1H3,(H,34,37). The minimum absolute atomic E-state index is 0.137. The predicted octanol–water partition coefficient (Wildman–Crippen LogP) is 6.03. The number of methoxy groups -OCH3 is 1. The zero-order valence-corrected chi connectivity index (χ0v) is 22.1. The Labute approximate surface area is 229 Å². The van der Waals surface area contributed by atoms with E-state index in [1.165, 1.54) is 7.11 Å². The first-order valence-electron chi connectivity index (χ1n) is 13.3. The van der Waals surface area contributed by atoms with Gasteiger partial charge in [0.2, 0.25) is 0 Å². The summed E-state index contributed by atoms with van der Waals surface area (Å²) in [6.07, 6.45) is 0.926. The number of hydrogen-bond acceptors (Lipinski definition) is 5. The molecule has 1 atom stereocenters. The van der Waals surface area contributed by atoms with Gasteiger partial charge in [-0.1, -0.05) is 78.9 Å². The molecule has 0 bridgehead atoms. The Morgan fingerprint density at radius 2 is 1.41 bits per heavy atom. The van der Waals surface area contributed by atoms with Crippen molar-refractivity contribution in [1.82, 2.24) is 4.90 Å². The summed E-state index contributed by atoms with van der Waals surface area (Å²) >= 11 is 0. The maximum Gasteiger partial charge on any atom is 0.327 e. The minimum atomic E-state index is -0.410. The van der Waals surface area contributed by atoms with Gasteiger partial charge in [0.1, 0.15) is 6.04 Å². The number of carbonyl (C=O) groups is 2. The van der Waals surface area contributed by atoms with Gasteiger partial charge >= 0.3 is 5.97 Å². The van der Waals surface area contributed by atoms with Crippen LogP contribution in [0, 0.1) is 0 Å². The van der Waals surface area contributed by atoms with E-state index in [4.69, 9.17) is 4.74 Å². The number of nitrogens with one attached hydrogen (secondary N) is 1. The van der Waals surface area contributed by atoms with Crippen LogP contribution < -0.4 is 10.2 Å². The summed E-state index contributed by atoms with van der Waals surface area (Å²) in [6.45, 7) is 3.22. The van der Waals surface area contributed by atoms with Crippen molar-refractivity contribution in [3.8, 4) is 11.1 Å². The van der Waals surface area contributed by atoms with Crippen LogP contribution in [0.2, 0.25) is 0 Å². The molecule has 0 saturated carbocycles. The number of nitrogens with zero attached hydrogens (tertiary/aromatic N) is 2. The Bertz CT molecular complexity index is 1390. The monoisotopic (exact) mass is 519 g/mol. The van der Waals surface area contributed by atoms with Crippen LogP contribution in [0.25, 0.3) is 11.1 Å². The highest BCUT2D eigenvalue weighted by Gasteiger charge is 2.30. The molecule has 6 nitrogen and oxygen atoms in total. The number of benzene rings is 4. The van der Waals surface area contributed by atoms with Gasteiger partial charge in [-0.25, -0.2) is 4.79 Å². The van der Waals surface area contributed by atoms with Crippen molar-refractivity contribution < 1.29 is 14.3 Å². The van der Waals surface area contributed by atoms with Crippen LogP contribution in [0.4, 0.5) is 11.4 Å². The van der Waals surface area contributed by atoms with Gasteiger partial charge in [0, 0.05) is 43.1 Å². The number of anilines is 2. The van der Waals surface area contributed by atoms with Crippen molar-refractivity contribution in [1.29, 1.82) is 0 Å². The predicted molar refractivity (Wildman–Crippen MR) is 156 cm³/mol. The lowest BCUT2D eigenvalue weighted by Crippen LogP contribution is -2.37. The molecule has 1 aliphatic rings. The molecule has 0 aromatic heterocycles. The highest BCUT2D eigenvalue weighted by molar-refractivity contribution is 6.08. The maximum atomic E-state index is 13.2. The van der Waals surface area contributed by atoms with Crippen molar-refractivity contribution in [2.75, 3.05) is 43.5 Å². The van der Waals surface area contributed by atoms with E-state index in [2.05, 4.69) is 15.1 Å².